The van der Waals surface area contributed by atoms with Crippen LogP contribution in [0.3, 0.4) is 0 Å². The molecule has 3 aliphatic rings. The van der Waals surface area contributed by atoms with Gasteiger partial charge in [-0.25, -0.2) is 4.68 Å². The molecule has 0 radical (unpaired) electrons. The van der Waals surface area contributed by atoms with Crippen molar-refractivity contribution in [3.8, 4) is 0 Å². The SMILES string of the molecule is CC(C)(C)C1CC(C(F)(F)F)n2nc(C3CCN(C(=O)CC4CCCC4)C3)cc2N1. The van der Waals surface area contributed by atoms with E-state index < -0.39 is 12.2 Å². The number of carbonyl (C=O) groups is 1. The Morgan fingerprint density at radius 3 is 2.53 bits per heavy atom. The Bertz CT molecular complexity index is 776. The maximum absolute atomic E-state index is 13.8. The molecule has 3 unspecified atom stereocenters. The summed E-state index contributed by atoms with van der Waals surface area (Å²) in [4.78, 5) is 14.5. The summed E-state index contributed by atoms with van der Waals surface area (Å²) >= 11 is 0. The van der Waals surface area contributed by atoms with Crippen LogP contribution in [-0.2, 0) is 4.79 Å². The van der Waals surface area contributed by atoms with Crippen LogP contribution >= 0.6 is 0 Å². The van der Waals surface area contributed by atoms with Crippen molar-refractivity contribution in [2.45, 2.75) is 89.9 Å². The fourth-order valence-electron chi connectivity index (χ4n) is 5.18. The summed E-state index contributed by atoms with van der Waals surface area (Å²) in [5.41, 5.74) is 0.369. The normalized spacial score (nSPS) is 27.9. The molecular weight excluding hydrogens is 393 g/mol. The van der Waals surface area contributed by atoms with Crippen LogP contribution in [0.25, 0.3) is 0 Å². The molecule has 1 aromatic rings. The Hall–Kier alpha value is -1.73. The molecule has 30 heavy (non-hydrogen) atoms. The zero-order chi connectivity index (χ0) is 21.7. The largest absolute Gasteiger partial charge is 0.410 e. The van der Waals surface area contributed by atoms with Gasteiger partial charge >= 0.3 is 6.18 Å². The monoisotopic (exact) mass is 426 g/mol. The lowest BCUT2D eigenvalue weighted by Gasteiger charge is -2.39. The zero-order valence-corrected chi connectivity index (χ0v) is 18.1. The molecule has 1 aliphatic carbocycles. The van der Waals surface area contributed by atoms with E-state index in [1.807, 2.05) is 25.7 Å². The van der Waals surface area contributed by atoms with Gasteiger partial charge < -0.3 is 10.2 Å². The Balaban J connectivity index is 1.49. The highest BCUT2D eigenvalue weighted by atomic mass is 19.4. The van der Waals surface area contributed by atoms with Gasteiger partial charge in [-0.15, -0.1) is 0 Å². The second-order valence-electron chi connectivity index (χ2n) is 10.4. The molecular formula is C22H33F3N4O. The van der Waals surface area contributed by atoms with E-state index in [0.717, 1.165) is 23.9 Å². The third-order valence-corrected chi connectivity index (χ3v) is 7.15. The molecule has 0 bridgehead atoms. The van der Waals surface area contributed by atoms with Crippen LogP contribution in [-0.4, -0.2) is 45.9 Å². The fourth-order valence-corrected chi connectivity index (χ4v) is 5.18. The fraction of sp³-hybridized carbons (Fsp3) is 0.818. The minimum atomic E-state index is -4.34. The molecule has 2 aliphatic heterocycles. The topological polar surface area (TPSA) is 50.2 Å². The van der Waals surface area contributed by atoms with Crippen molar-refractivity contribution in [1.82, 2.24) is 14.7 Å². The van der Waals surface area contributed by atoms with Gasteiger partial charge in [0.15, 0.2) is 6.04 Å². The van der Waals surface area contributed by atoms with E-state index in [1.54, 1.807) is 6.07 Å². The smallest absolute Gasteiger partial charge is 0.367 e. The third kappa shape index (κ3) is 4.33. The summed E-state index contributed by atoms with van der Waals surface area (Å²) in [6.07, 6.45) is 1.68. The lowest BCUT2D eigenvalue weighted by molar-refractivity contribution is -0.175. The summed E-state index contributed by atoms with van der Waals surface area (Å²) in [6, 6.07) is -0.130. The molecule has 4 rings (SSSR count). The third-order valence-electron chi connectivity index (χ3n) is 7.15. The number of amides is 1. The minimum absolute atomic E-state index is 0.000557. The minimum Gasteiger partial charge on any atom is -0.367 e. The van der Waals surface area contributed by atoms with Gasteiger partial charge in [0, 0.05) is 37.5 Å². The number of nitrogens with one attached hydrogen (secondary N) is 1. The van der Waals surface area contributed by atoms with E-state index in [4.69, 9.17) is 0 Å². The van der Waals surface area contributed by atoms with Crippen LogP contribution in [0.4, 0.5) is 19.0 Å². The van der Waals surface area contributed by atoms with E-state index in [0.29, 0.717) is 36.9 Å². The van der Waals surface area contributed by atoms with Crippen LogP contribution in [0.15, 0.2) is 6.07 Å². The van der Waals surface area contributed by atoms with Gasteiger partial charge in [-0.05, 0) is 37.0 Å². The molecule has 1 aromatic heterocycles. The van der Waals surface area contributed by atoms with Crippen molar-refractivity contribution in [2.75, 3.05) is 18.4 Å². The summed E-state index contributed by atoms with van der Waals surface area (Å²) in [5, 5.41) is 7.68. The zero-order valence-electron chi connectivity index (χ0n) is 18.1. The number of likely N-dealkylation sites (tertiary alicyclic amines) is 1. The first-order valence-corrected chi connectivity index (χ1v) is 11.2. The molecule has 1 amide bonds. The molecule has 8 heteroatoms. The van der Waals surface area contributed by atoms with Crippen LogP contribution in [0.2, 0.25) is 0 Å². The molecule has 3 atom stereocenters. The van der Waals surface area contributed by atoms with Crippen LogP contribution in [0, 0.1) is 11.3 Å². The van der Waals surface area contributed by atoms with E-state index in [2.05, 4.69) is 10.4 Å². The van der Waals surface area contributed by atoms with Crippen molar-refractivity contribution in [1.29, 1.82) is 0 Å². The van der Waals surface area contributed by atoms with Crippen molar-refractivity contribution in [3.63, 3.8) is 0 Å². The average molecular weight is 427 g/mol. The quantitative estimate of drug-likeness (QED) is 0.730. The van der Waals surface area contributed by atoms with Crippen molar-refractivity contribution < 1.29 is 18.0 Å². The summed E-state index contributed by atoms with van der Waals surface area (Å²) < 4.78 is 42.5. The lowest BCUT2D eigenvalue weighted by atomic mass is 9.82. The highest BCUT2D eigenvalue weighted by Crippen LogP contribution is 2.44. The highest BCUT2D eigenvalue weighted by Gasteiger charge is 2.48. The Kier molecular flexibility index (Phi) is 5.56. The van der Waals surface area contributed by atoms with Gasteiger partial charge in [-0.1, -0.05) is 33.6 Å². The summed E-state index contributed by atoms with van der Waals surface area (Å²) in [5.74, 6) is 1.13. The van der Waals surface area contributed by atoms with Gasteiger partial charge in [0.05, 0.1) is 5.69 Å². The lowest BCUT2D eigenvalue weighted by Crippen LogP contribution is -2.44. The highest BCUT2D eigenvalue weighted by molar-refractivity contribution is 5.77. The number of fused-ring (bicyclic) bond motifs is 1. The molecule has 5 nitrogen and oxygen atoms in total. The predicted molar refractivity (Wildman–Crippen MR) is 109 cm³/mol. The Morgan fingerprint density at radius 1 is 1.20 bits per heavy atom. The number of carbonyl (C=O) groups excluding carboxylic acids is 1. The summed E-state index contributed by atoms with van der Waals surface area (Å²) in [6.45, 7) is 7.09. The Morgan fingerprint density at radius 2 is 1.90 bits per heavy atom. The number of halogens is 3. The average Bonchev–Trinajstić information content (AvgIpc) is 3.38. The van der Waals surface area contributed by atoms with Crippen LogP contribution in [0.5, 0.6) is 0 Å². The van der Waals surface area contributed by atoms with Gasteiger partial charge in [0.2, 0.25) is 5.91 Å². The van der Waals surface area contributed by atoms with E-state index in [9.17, 15) is 18.0 Å². The Labute approximate surface area is 176 Å². The van der Waals surface area contributed by atoms with E-state index >= 15 is 0 Å². The van der Waals surface area contributed by atoms with Crippen molar-refractivity contribution >= 4 is 11.7 Å². The van der Waals surface area contributed by atoms with Gasteiger partial charge in [0.25, 0.3) is 0 Å². The number of alkyl halides is 3. The molecule has 3 heterocycles. The molecule has 1 N–H and O–H groups in total. The molecule has 0 spiro atoms. The number of hydrogen-bond donors (Lipinski definition) is 1. The van der Waals surface area contributed by atoms with E-state index in [1.165, 1.54) is 12.8 Å². The van der Waals surface area contributed by atoms with Gasteiger partial charge in [-0.2, -0.15) is 18.3 Å². The van der Waals surface area contributed by atoms with E-state index in [-0.39, 0.29) is 29.7 Å². The first-order valence-electron chi connectivity index (χ1n) is 11.2. The first kappa shape index (κ1) is 21.5. The van der Waals surface area contributed by atoms with Crippen molar-refractivity contribution in [2.24, 2.45) is 11.3 Å². The maximum Gasteiger partial charge on any atom is 0.410 e. The number of anilines is 1. The van der Waals surface area contributed by atoms with Crippen LogP contribution in [0.1, 0.15) is 83.4 Å². The van der Waals surface area contributed by atoms with Gasteiger partial charge in [0.1, 0.15) is 5.82 Å². The van der Waals surface area contributed by atoms with Gasteiger partial charge in [-0.3, -0.25) is 4.79 Å². The number of nitrogens with zero attached hydrogens (tertiary/aromatic N) is 3. The molecule has 0 aromatic carbocycles. The summed E-state index contributed by atoms with van der Waals surface area (Å²) in [7, 11) is 0. The molecule has 1 saturated carbocycles. The maximum atomic E-state index is 13.8. The second-order valence-corrected chi connectivity index (χ2v) is 10.4. The second kappa shape index (κ2) is 7.75. The molecule has 168 valence electrons. The van der Waals surface area contributed by atoms with Crippen molar-refractivity contribution in [3.05, 3.63) is 11.8 Å². The van der Waals surface area contributed by atoms with Crippen LogP contribution < -0.4 is 5.32 Å². The predicted octanol–water partition coefficient (Wildman–Crippen LogP) is 5.11. The number of hydrogen-bond acceptors (Lipinski definition) is 3. The molecule has 2 fully saturated rings. The number of aromatic nitrogens is 2. The standard InChI is InChI=1S/C22H33F3N4O/c1-21(2,3)17-12-18(22(23,24)25)29-19(26-17)11-16(27-29)15-8-9-28(13-15)20(30)10-14-6-4-5-7-14/h11,14-15,17-18,26H,4-10,12-13H2,1-3H3. The first-order chi connectivity index (χ1) is 14.0. The molecule has 1 saturated heterocycles. The number of rotatable bonds is 3.